The van der Waals surface area contributed by atoms with Crippen molar-refractivity contribution >= 4 is 41.3 Å². The van der Waals surface area contributed by atoms with Crippen molar-refractivity contribution in [2.75, 3.05) is 40.4 Å². The Balaban J connectivity index is 0.00000341. The molecule has 1 aliphatic heterocycles. The molecule has 8 heteroatoms. The molecule has 1 aliphatic rings. The predicted octanol–water partition coefficient (Wildman–Crippen LogP) is 3.89. The first kappa shape index (κ1) is 25.3. The molecule has 1 aromatic carbocycles. The molecule has 1 aromatic heterocycles. The molecule has 6 nitrogen and oxygen atoms in total. The fraction of sp³-hybridized carbons (Fsp3) is 0.435. The molecule has 2 heterocycles. The van der Waals surface area contributed by atoms with E-state index < -0.39 is 0 Å². The molecule has 1 unspecified atom stereocenters. The van der Waals surface area contributed by atoms with E-state index in [2.05, 4.69) is 44.0 Å². The molecule has 0 radical (unpaired) electrons. The highest BCUT2D eigenvalue weighted by molar-refractivity contribution is 14.0. The van der Waals surface area contributed by atoms with Crippen molar-refractivity contribution in [3.63, 3.8) is 0 Å². The molecule has 1 fully saturated rings. The molecule has 2 aromatic rings. The second kappa shape index (κ2) is 13.5. The normalized spacial score (nSPS) is 14.9. The number of guanidine groups is 1. The minimum atomic E-state index is 0. The number of rotatable bonds is 9. The topological polar surface area (TPSA) is 58.1 Å². The smallest absolute Gasteiger partial charge is 0.191 e. The third-order valence-corrected chi connectivity index (χ3v) is 6.11. The van der Waals surface area contributed by atoms with Crippen LogP contribution in [0.2, 0.25) is 0 Å². The Bertz CT molecular complexity index is 861. The van der Waals surface area contributed by atoms with Crippen molar-refractivity contribution in [3.8, 4) is 23.8 Å². The van der Waals surface area contributed by atoms with Gasteiger partial charge in [0.05, 0.1) is 13.2 Å². The van der Waals surface area contributed by atoms with Gasteiger partial charge in [-0.05, 0) is 55.1 Å². The fourth-order valence-corrected chi connectivity index (χ4v) is 4.47. The van der Waals surface area contributed by atoms with Gasteiger partial charge in [-0.2, -0.15) is 0 Å². The van der Waals surface area contributed by atoms with E-state index in [1.54, 1.807) is 14.2 Å². The van der Waals surface area contributed by atoms with Gasteiger partial charge < -0.3 is 20.1 Å². The van der Waals surface area contributed by atoms with Gasteiger partial charge in [-0.3, -0.25) is 9.89 Å². The largest absolute Gasteiger partial charge is 0.493 e. The third-order valence-electron chi connectivity index (χ3n) is 5.14. The number of ether oxygens (including phenoxy) is 2. The summed E-state index contributed by atoms with van der Waals surface area (Å²) >= 11 is 1.82. The van der Waals surface area contributed by atoms with Gasteiger partial charge in [0.2, 0.25) is 0 Å². The number of thiophene rings is 1. The monoisotopic (exact) mass is 554 g/mol. The van der Waals surface area contributed by atoms with Crippen molar-refractivity contribution in [1.29, 1.82) is 0 Å². The number of hydrogen-bond acceptors (Lipinski definition) is 5. The average Bonchev–Trinajstić information content (AvgIpc) is 3.49. The van der Waals surface area contributed by atoms with Crippen LogP contribution in [-0.2, 0) is 6.54 Å². The summed E-state index contributed by atoms with van der Waals surface area (Å²) in [5.41, 5.74) is 1.06. The summed E-state index contributed by atoms with van der Waals surface area (Å²) in [6.07, 6.45) is 7.85. The quantitative estimate of drug-likeness (QED) is 0.213. The Labute approximate surface area is 206 Å². The van der Waals surface area contributed by atoms with Gasteiger partial charge in [0.15, 0.2) is 17.5 Å². The summed E-state index contributed by atoms with van der Waals surface area (Å²) in [7, 11) is 3.41. The molecule has 31 heavy (non-hydrogen) atoms. The van der Waals surface area contributed by atoms with Crippen LogP contribution < -0.4 is 20.1 Å². The molecule has 0 bridgehead atoms. The second-order valence-corrected chi connectivity index (χ2v) is 8.04. The van der Waals surface area contributed by atoms with Crippen LogP contribution in [0.5, 0.6) is 11.5 Å². The summed E-state index contributed by atoms with van der Waals surface area (Å²) in [5.74, 6) is 4.57. The van der Waals surface area contributed by atoms with E-state index in [9.17, 15) is 0 Å². The first-order chi connectivity index (χ1) is 14.7. The molecule has 3 rings (SSSR count). The zero-order valence-corrected chi connectivity index (χ0v) is 21.2. The minimum absolute atomic E-state index is 0. The maximum atomic E-state index is 5.59. The Kier molecular flexibility index (Phi) is 11.0. The van der Waals surface area contributed by atoms with Gasteiger partial charge in [0.1, 0.15) is 6.61 Å². The second-order valence-electron chi connectivity index (χ2n) is 7.06. The fourth-order valence-electron chi connectivity index (χ4n) is 3.61. The summed E-state index contributed by atoms with van der Waals surface area (Å²) in [5, 5.41) is 9.03. The summed E-state index contributed by atoms with van der Waals surface area (Å²) in [4.78, 5) is 8.34. The number of halogens is 1. The van der Waals surface area contributed by atoms with E-state index in [1.807, 2.05) is 29.5 Å². The van der Waals surface area contributed by atoms with Crippen LogP contribution in [0.1, 0.15) is 29.3 Å². The lowest BCUT2D eigenvalue weighted by Crippen LogP contribution is -2.42. The number of nitrogens with one attached hydrogen (secondary N) is 2. The lowest BCUT2D eigenvalue weighted by molar-refractivity contribution is 0.249. The van der Waals surface area contributed by atoms with Crippen molar-refractivity contribution in [3.05, 3.63) is 46.2 Å². The van der Waals surface area contributed by atoms with Crippen molar-refractivity contribution in [2.24, 2.45) is 4.99 Å². The number of nitrogens with zero attached hydrogens (tertiary/aromatic N) is 2. The van der Waals surface area contributed by atoms with E-state index in [0.717, 1.165) is 31.2 Å². The highest BCUT2D eigenvalue weighted by Gasteiger charge is 2.24. The predicted molar refractivity (Wildman–Crippen MR) is 139 cm³/mol. The van der Waals surface area contributed by atoms with Crippen LogP contribution in [0, 0.1) is 12.3 Å². The Morgan fingerprint density at radius 2 is 2.06 bits per heavy atom. The van der Waals surface area contributed by atoms with Crippen LogP contribution >= 0.6 is 35.3 Å². The zero-order valence-electron chi connectivity index (χ0n) is 18.1. The van der Waals surface area contributed by atoms with E-state index >= 15 is 0 Å². The number of aliphatic imine (C=N–C) groups is 1. The first-order valence-corrected chi connectivity index (χ1v) is 11.1. The lowest BCUT2D eigenvalue weighted by Gasteiger charge is -2.27. The van der Waals surface area contributed by atoms with Gasteiger partial charge in [0, 0.05) is 25.0 Å². The van der Waals surface area contributed by atoms with Crippen LogP contribution in [-0.4, -0.2) is 51.3 Å². The summed E-state index contributed by atoms with van der Waals surface area (Å²) < 4.78 is 10.9. The number of hydrogen-bond donors (Lipinski definition) is 2. The highest BCUT2D eigenvalue weighted by atomic mass is 127. The maximum absolute atomic E-state index is 5.59. The maximum Gasteiger partial charge on any atom is 0.191 e. The van der Waals surface area contributed by atoms with Crippen LogP contribution in [0.15, 0.2) is 40.7 Å². The SMILES string of the molecule is C#CCOc1cc(CNC(=NC)NCC(c2cccs2)N2CCCC2)ccc1OC.I. The highest BCUT2D eigenvalue weighted by Crippen LogP contribution is 2.29. The van der Waals surface area contributed by atoms with Gasteiger partial charge >= 0.3 is 0 Å². The molecule has 1 atom stereocenters. The molecule has 0 saturated carbocycles. The van der Waals surface area contributed by atoms with Gasteiger partial charge in [0.25, 0.3) is 0 Å². The minimum Gasteiger partial charge on any atom is -0.493 e. The third kappa shape index (κ3) is 7.30. The van der Waals surface area contributed by atoms with Gasteiger partial charge in [-0.25, -0.2) is 0 Å². The molecular weight excluding hydrogens is 523 g/mol. The van der Waals surface area contributed by atoms with Crippen molar-refractivity contribution in [2.45, 2.75) is 25.4 Å². The Hall–Kier alpha value is -1.96. The van der Waals surface area contributed by atoms with Gasteiger partial charge in [-0.15, -0.1) is 41.7 Å². The van der Waals surface area contributed by atoms with E-state index in [0.29, 0.717) is 24.1 Å². The zero-order chi connectivity index (χ0) is 21.2. The molecule has 0 amide bonds. The Morgan fingerprint density at radius 3 is 2.71 bits per heavy atom. The van der Waals surface area contributed by atoms with Gasteiger partial charge in [-0.1, -0.05) is 18.1 Å². The molecular formula is C23H31IN4O2S. The molecule has 0 spiro atoms. The van der Waals surface area contributed by atoms with E-state index in [-0.39, 0.29) is 30.6 Å². The number of benzene rings is 1. The summed E-state index contributed by atoms with van der Waals surface area (Å²) in [6.45, 7) is 3.95. The van der Waals surface area contributed by atoms with E-state index in [1.165, 1.54) is 17.7 Å². The van der Waals surface area contributed by atoms with Crippen LogP contribution in [0.4, 0.5) is 0 Å². The molecule has 2 N–H and O–H groups in total. The van der Waals surface area contributed by atoms with Crippen molar-refractivity contribution < 1.29 is 9.47 Å². The van der Waals surface area contributed by atoms with Crippen LogP contribution in [0.25, 0.3) is 0 Å². The molecule has 1 saturated heterocycles. The van der Waals surface area contributed by atoms with Crippen molar-refractivity contribution in [1.82, 2.24) is 15.5 Å². The molecule has 0 aliphatic carbocycles. The lowest BCUT2D eigenvalue weighted by atomic mass is 10.2. The average molecular weight is 554 g/mol. The van der Waals surface area contributed by atoms with E-state index in [4.69, 9.17) is 15.9 Å². The molecule has 168 valence electrons. The Morgan fingerprint density at radius 1 is 1.26 bits per heavy atom. The standard InChI is InChI=1S/C23H30N4O2S.HI/c1-4-13-29-21-15-18(9-10-20(21)28-3)16-25-23(24-2)26-17-19(22-8-7-14-30-22)27-11-5-6-12-27;/h1,7-10,14-15,19H,5-6,11-13,16-17H2,2-3H3,(H2,24,25,26);1H. The van der Waals surface area contributed by atoms with Crippen LogP contribution in [0.3, 0.4) is 0 Å². The summed E-state index contributed by atoms with van der Waals surface area (Å²) in [6, 6.07) is 10.5. The first-order valence-electron chi connectivity index (χ1n) is 10.2. The number of methoxy groups -OCH3 is 1. The number of likely N-dealkylation sites (tertiary alicyclic amines) is 1. The number of terminal acetylenes is 1.